The number of sulfone groups is 1. The Morgan fingerprint density at radius 3 is 2.24 bits per heavy atom. The van der Waals surface area contributed by atoms with E-state index >= 15 is 0 Å². The van der Waals surface area contributed by atoms with Crippen LogP contribution in [0.5, 0.6) is 0 Å². The first-order valence-electron chi connectivity index (χ1n) is 4.99. The van der Waals surface area contributed by atoms with Crippen LogP contribution in [0.25, 0.3) is 0 Å². The minimum Gasteiger partial charge on any atom is -0.480 e. The molecule has 0 aromatic heterocycles. The zero-order chi connectivity index (χ0) is 13.6. The lowest BCUT2D eigenvalue weighted by molar-refractivity contribution is -0.139. The molecule has 0 aliphatic heterocycles. The van der Waals surface area contributed by atoms with E-state index in [9.17, 15) is 18.0 Å². The largest absolute Gasteiger partial charge is 0.480 e. The number of alkyl carbamates (subject to hydrolysis) is 1. The zero-order valence-electron chi connectivity index (χ0n) is 9.97. The van der Waals surface area contributed by atoms with Gasteiger partial charge in [-0.15, -0.1) is 0 Å². The molecule has 0 fully saturated rings. The molecule has 8 heteroatoms. The Morgan fingerprint density at radius 2 is 1.88 bits per heavy atom. The van der Waals surface area contributed by atoms with Crippen LogP contribution >= 0.6 is 0 Å². The predicted octanol–water partition coefficient (Wildman–Crippen LogP) is 0.00890. The molecule has 0 radical (unpaired) electrons. The fourth-order valence-electron chi connectivity index (χ4n) is 0.980. The second kappa shape index (κ2) is 6.43. The fourth-order valence-corrected chi connectivity index (χ4v) is 1.64. The van der Waals surface area contributed by atoms with E-state index in [4.69, 9.17) is 9.84 Å². The molecular formula is C9H17NO6S. The van der Waals surface area contributed by atoms with Gasteiger partial charge >= 0.3 is 12.1 Å². The third kappa shape index (κ3) is 8.49. The normalized spacial score (nSPS) is 13.2. The van der Waals surface area contributed by atoms with E-state index in [-0.39, 0.29) is 18.3 Å². The van der Waals surface area contributed by atoms with Gasteiger partial charge < -0.3 is 15.2 Å². The van der Waals surface area contributed by atoms with Crippen LogP contribution < -0.4 is 5.32 Å². The molecule has 1 unspecified atom stereocenters. The standard InChI is InChI=1S/C9H17NO6S/c1-6(2)16-9(13)10-7(8(11)12)4-5-17(3,14)15/h6-7H,4-5H2,1-3H3,(H,10,13)(H,11,12). The molecule has 0 saturated heterocycles. The van der Waals surface area contributed by atoms with Crippen LogP contribution in [-0.2, 0) is 19.4 Å². The van der Waals surface area contributed by atoms with Crippen LogP contribution in [-0.4, -0.2) is 49.7 Å². The predicted molar refractivity (Wildman–Crippen MR) is 60.5 cm³/mol. The van der Waals surface area contributed by atoms with Gasteiger partial charge in [-0.3, -0.25) is 0 Å². The lowest BCUT2D eigenvalue weighted by atomic mass is 10.2. The van der Waals surface area contributed by atoms with Gasteiger partial charge in [0.15, 0.2) is 0 Å². The highest BCUT2D eigenvalue weighted by Gasteiger charge is 2.22. The fraction of sp³-hybridized carbons (Fsp3) is 0.778. The number of rotatable bonds is 6. The molecule has 0 bridgehead atoms. The Bertz CT molecular complexity index is 375. The van der Waals surface area contributed by atoms with Gasteiger partial charge in [0.05, 0.1) is 11.9 Å². The Balaban J connectivity index is 4.35. The number of carboxylic acids is 1. The van der Waals surface area contributed by atoms with E-state index in [1.165, 1.54) is 0 Å². The maximum atomic E-state index is 11.1. The number of carboxylic acid groups (broad SMARTS) is 1. The van der Waals surface area contributed by atoms with E-state index in [0.717, 1.165) is 6.26 Å². The van der Waals surface area contributed by atoms with Crippen molar-refractivity contribution >= 4 is 21.9 Å². The van der Waals surface area contributed by atoms with Crippen molar-refractivity contribution in [3.8, 4) is 0 Å². The van der Waals surface area contributed by atoms with Gasteiger partial charge in [-0.05, 0) is 20.3 Å². The molecule has 0 aromatic carbocycles. The second-order valence-electron chi connectivity index (χ2n) is 3.91. The number of ether oxygens (including phenoxy) is 1. The lowest BCUT2D eigenvalue weighted by Gasteiger charge is -2.15. The summed E-state index contributed by atoms with van der Waals surface area (Å²) < 4.78 is 26.5. The SMILES string of the molecule is CC(C)OC(=O)NC(CCS(C)(=O)=O)C(=O)O. The first-order valence-corrected chi connectivity index (χ1v) is 7.05. The monoisotopic (exact) mass is 267 g/mol. The van der Waals surface area contributed by atoms with Crippen LogP contribution in [0, 0.1) is 0 Å². The molecule has 0 aliphatic rings. The molecule has 7 nitrogen and oxygen atoms in total. The number of carbonyl (C=O) groups excluding carboxylic acids is 1. The van der Waals surface area contributed by atoms with Gasteiger partial charge in [0.25, 0.3) is 0 Å². The summed E-state index contributed by atoms with van der Waals surface area (Å²) in [5.74, 6) is -1.61. The third-order valence-corrected chi connectivity index (χ3v) is 2.69. The second-order valence-corrected chi connectivity index (χ2v) is 6.17. The molecular weight excluding hydrogens is 250 g/mol. The number of amides is 1. The van der Waals surface area contributed by atoms with Crippen LogP contribution in [0.4, 0.5) is 4.79 Å². The van der Waals surface area contributed by atoms with Crippen molar-refractivity contribution in [3.05, 3.63) is 0 Å². The van der Waals surface area contributed by atoms with Crippen molar-refractivity contribution in [2.75, 3.05) is 12.0 Å². The van der Waals surface area contributed by atoms with Crippen molar-refractivity contribution < 1.29 is 27.9 Å². The highest BCUT2D eigenvalue weighted by Crippen LogP contribution is 1.99. The number of hydrogen-bond acceptors (Lipinski definition) is 5. The van der Waals surface area contributed by atoms with Gasteiger partial charge in [0.1, 0.15) is 15.9 Å². The molecule has 17 heavy (non-hydrogen) atoms. The van der Waals surface area contributed by atoms with E-state index in [1.807, 2.05) is 0 Å². The Morgan fingerprint density at radius 1 is 1.35 bits per heavy atom. The Kier molecular flexibility index (Phi) is 5.94. The van der Waals surface area contributed by atoms with Gasteiger partial charge in [-0.2, -0.15) is 0 Å². The minimum absolute atomic E-state index is 0.193. The van der Waals surface area contributed by atoms with E-state index < -0.39 is 27.9 Å². The smallest absolute Gasteiger partial charge is 0.408 e. The highest BCUT2D eigenvalue weighted by molar-refractivity contribution is 7.90. The summed E-state index contributed by atoms with van der Waals surface area (Å²) in [5, 5.41) is 10.9. The van der Waals surface area contributed by atoms with E-state index in [2.05, 4.69) is 5.32 Å². The summed E-state index contributed by atoms with van der Waals surface area (Å²) >= 11 is 0. The molecule has 0 aliphatic carbocycles. The first-order chi connectivity index (χ1) is 7.61. The van der Waals surface area contributed by atoms with Crippen molar-refractivity contribution in [3.63, 3.8) is 0 Å². The van der Waals surface area contributed by atoms with Crippen molar-refractivity contribution in [1.82, 2.24) is 5.32 Å². The van der Waals surface area contributed by atoms with Gasteiger partial charge in [0, 0.05) is 6.26 Å². The molecule has 0 rings (SSSR count). The van der Waals surface area contributed by atoms with Crippen molar-refractivity contribution in [2.24, 2.45) is 0 Å². The number of hydrogen-bond donors (Lipinski definition) is 2. The Labute approximate surface area is 100 Å². The molecule has 0 spiro atoms. The lowest BCUT2D eigenvalue weighted by Crippen LogP contribution is -2.42. The molecule has 2 N–H and O–H groups in total. The summed E-state index contributed by atoms with van der Waals surface area (Å²) in [4.78, 5) is 21.9. The zero-order valence-corrected chi connectivity index (χ0v) is 10.8. The average molecular weight is 267 g/mol. The maximum Gasteiger partial charge on any atom is 0.408 e. The number of aliphatic carboxylic acids is 1. The quantitative estimate of drug-likeness (QED) is 0.701. The molecule has 0 aromatic rings. The topological polar surface area (TPSA) is 110 Å². The molecule has 1 amide bonds. The number of carbonyl (C=O) groups is 2. The summed E-state index contributed by atoms with van der Waals surface area (Å²) in [6, 6.07) is -1.27. The number of nitrogens with one attached hydrogen (secondary N) is 1. The van der Waals surface area contributed by atoms with Crippen LogP contribution in [0.1, 0.15) is 20.3 Å². The van der Waals surface area contributed by atoms with Gasteiger partial charge in [0.2, 0.25) is 0 Å². The molecule has 100 valence electrons. The van der Waals surface area contributed by atoms with Gasteiger partial charge in [-0.25, -0.2) is 18.0 Å². The Hall–Kier alpha value is -1.31. The van der Waals surface area contributed by atoms with Crippen LogP contribution in [0.3, 0.4) is 0 Å². The third-order valence-electron chi connectivity index (χ3n) is 1.71. The summed E-state index contributed by atoms with van der Waals surface area (Å²) in [5.41, 5.74) is 0. The molecule has 0 heterocycles. The molecule has 0 saturated carbocycles. The van der Waals surface area contributed by atoms with Crippen molar-refractivity contribution in [2.45, 2.75) is 32.4 Å². The summed E-state index contributed by atoms with van der Waals surface area (Å²) in [6.07, 6.45) is -0.444. The van der Waals surface area contributed by atoms with Gasteiger partial charge in [-0.1, -0.05) is 0 Å². The average Bonchev–Trinajstić information content (AvgIpc) is 2.08. The first kappa shape index (κ1) is 15.7. The van der Waals surface area contributed by atoms with Crippen LogP contribution in [0.2, 0.25) is 0 Å². The maximum absolute atomic E-state index is 11.1. The summed E-state index contributed by atoms with van der Waals surface area (Å²) in [7, 11) is -3.27. The minimum atomic E-state index is -3.27. The van der Waals surface area contributed by atoms with E-state index in [0.29, 0.717) is 0 Å². The summed E-state index contributed by atoms with van der Waals surface area (Å²) in [6.45, 7) is 3.23. The highest BCUT2D eigenvalue weighted by atomic mass is 32.2. The van der Waals surface area contributed by atoms with Crippen LogP contribution in [0.15, 0.2) is 0 Å². The molecule has 1 atom stereocenters. The van der Waals surface area contributed by atoms with Crippen molar-refractivity contribution in [1.29, 1.82) is 0 Å². The van der Waals surface area contributed by atoms with E-state index in [1.54, 1.807) is 13.8 Å².